The maximum Gasteiger partial charge on any atom is 0.241 e. The van der Waals surface area contributed by atoms with Crippen molar-refractivity contribution in [1.29, 1.82) is 0 Å². The molecule has 2 aromatic rings. The number of amides is 1. The van der Waals surface area contributed by atoms with Crippen LogP contribution in [-0.4, -0.2) is 56.5 Å². The Hall–Kier alpha value is -2.38. The number of ether oxygens (including phenoxy) is 1. The third-order valence-corrected chi connectivity index (χ3v) is 7.78. The van der Waals surface area contributed by atoms with Gasteiger partial charge in [-0.05, 0) is 41.3 Å². The molecule has 2 atom stereocenters. The number of hydrogen-bond acceptors (Lipinski definition) is 5. The predicted octanol–water partition coefficient (Wildman–Crippen LogP) is 2.83. The zero-order chi connectivity index (χ0) is 21.5. The number of sulfone groups is 1. The minimum absolute atomic E-state index is 0.00838. The van der Waals surface area contributed by atoms with Crippen molar-refractivity contribution in [3.8, 4) is 5.75 Å². The number of carbonyl (C=O) groups is 1. The number of carbonyl (C=O) groups excluding carboxylic acids is 1. The largest absolute Gasteiger partial charge is 0.497 e. The Morgan fingerprint density at radius 1 is 1.00 bits per heavy atom. The molecule has 2 fully saturated rings. The number of fused-ring (bicyclic) bond motifs is 1. The van der Waals surface area contributed by atoms with Gasteiger partial charge in [-0.25, -0.2) is 8.42 Å². The van der Waals surface area contributed by atoms with Gasteiger partial charge in [0.2, 0.25) is 5.91 Å². The van der Waals surface area contributed by atoms with E-state index >= 15 is 0 Å². The van der Waals surface area contributed by atoms with Gasteiger partial charge < -0.3 is 9.64 Å². The molecular formula is C23H28N2O4S. The molecule has 1 amide bonds. The maximum absolute atomic E-state index is 13.1. The molecule has 2 aliphatic heterocycles. The summed E-state index contributed by atoms with van der Waals surface area (Å²) in [6.07, 6.45) is 0. The van der Waals surface area contributed by atoms with Crippen molar-refractivity contribution < 1.29 is 17.9 Å². The van der Waals surface area contributed by atoms with Crippen LogP contribution < -0.4 is 9.64 Å². The third-order valence-electron chi connectivity index (χ3n) is 6.08. The van der Waals surface area contributed by atoms with Crippen LogP contribution in [0.15, 0.2) is 48.5 Å². The first-order valence-electron chi connectivity index (χ1n) is 10.3. The molecule has 6 nitrogen and oxygen atoms in total. The van der Waals surface area contributed by atoms with E-state index in [1.807, 2.05) is 53.4 Å². The lowest BCUT2D eigenvalue weighted by molar-refractivity contribution is -0.123. The normalized spacial score (nSPS) is 23.6. The maximum atomic E-state index is 13.1. The van der Waals surface area contributed by atoms with Gasteiger partial charge in [0.15, 0.2) is 9.84 Å². The van der Waals surface area contributed by atoms with Crippen molar-refractivity contribution in [1.82, 2.24) is 4.90 Å². The van der Waals surface area contributed by atoms with E-state index in [0.717, 1.165) is 17.0 Å². The van der Waals surface area contributed by atoms with Gasteiger partial charge >= 0.3 is 0 Å². The van der Waals surface area contributed by atoms with Crippen molar-refractivity contribution in [3.63, 3.8) is 0 Å². The second-order valence-corrected chi connectivity index (χ2v) is 10.6. The van der Waals surface area contributed by atoms with Crippen molar-refractivity contribution in [2.45, 2.75) is 38.4 Å². The van der Waals surface area contributed by atoms with Crippen LogP contribution in [0.25, 0.3) is 0 Å². The fourth-order valence-electron chi connectivity index (χ4n) is 4.45. The minimum atomic E-state index is -3.21. The van der Waals surface area contributed by atoms with Crippen molar-refractivity contribution in [2.75, 3.05) is 30.1 Å². The summed E-state index contributed by atoms with van der Waals surface area (Å²) in [6, 6.07) is 15.0. The van der Waals surface area contributed by atoms with Gasteiger partial charge in [-0.3, -0.25) is 9.69 Å². The van der Waals surface area contributed by atoms with Crippen LogP contribution in [0.3, 0.4) is 0 Å². The van der Waals surface area contributed by atoms with E-state index in [1.165, 1.54) is 5.56 Å². The number of rotatable bonds is 5. The highest BCUT2D eigenvalue weighted by molar-refractivity contribution is 7.91. The molecule has 2 aromatic carbocycles. The van der Waals surface area contributed by atoms with Gasteiger partial charge in [0.05, 0.1) is 31.2 Å². The highest BCUT2D eigenvalue weighted by Gasteiger charge is 2.49. The summed E-state index contributed by atoms with van der Waals surface area (Å²) >= 11 is 0. The van der Waals surface area contributed by atoms with Gasteiger partial charge in [-0.1, -0.05) is 38.1 Å². The van der Waals surface area contributed by atoms with E-state index in [0.29, 0.717) is 12.5 Å². The van der Waals surface area contributed by atoms with Crippen LogP contribution >= 0.6 is 0 Å². The monoisotopic (exact) mass is 428 g/mol. The molecule has 0 saturated carbocycles. The van der Waals surface area contributed by atoms with Crippen LogP contribution in [0.4, 0.5) is 5.69 Å². The van der Waals surface area contributed by atoms with Crippen molar-refractivity contribution >= 4 is 21.4 Å². The molecule has 160 valence electrons. The molecule has 2 aliphatic rings. The lowest BCUT2D eigenvalue weighted by Crippen LogP contribution is -2.61. The number of piperazine rings is 1. The van der Waals surface area contributed by atoms with E-state index < -0.39 is 9.84 Å². The number of methoxy groups -OCH3 is 1. The Kier molecular flexibility index (Phi) is 5.59. The van der Waals surface area contributed by atoms with Crippen LogP contribution in [0.5, 0.6) is 5.75 Å². The molecule has 0 radical (unpaired) electrons. The number of anilines is 1. The first kappa shape index (κ1) is 20.9. The SMILES string of the molecule is COc1ccc(CN2CC(=O)N(c3ccc(C(C)C)cc3)C3CS(=O)(=O)CC32)cc1. The van der Waals surface area contributed by atoms with Crippen LogP contribution in [-0.2, 0) is 21.2 Å². The van der Waals surface area contributed by atoms with Crippen LogP contribution in [0, 0.1) is 0 Å². The highest BCUT2D eigenvalue weighted by Crippen LogP contribution is 2.33. The molecule has 0 N–H and O–H groups in total. The third kappa shape index (κ3) is 4.09. The van der Waals surface area contributed by atoms with Gasteiger partial charge in [0, 0.05) is 18.3 Å². The summed E-state index contributed by atoms with van der Waals surface area (Å²) in [5, 5.41) is 0. The van der Waals surface area contributed by atoms with E-state index in [2.05, 4.69) is 13.8 Å². The Labute approximate surface area is 178 Å². The number of benzene rings is 2. The fraction of sp³-hybridized carbons (Fsp3) is 0.435. The summed E-state index contributed by atoms with van der Waals surface area (Å²) in [4.78, 5) is 16.9. The second-order valence-electron chi connectivity index (χ2n) is 8.47. The van der Waals surface area contributed by atoms with Crippen molar-refractivity contribution in [2.24, 2.45) is 0 Å². The van der Waals surface area contributed by atoms with Crippen LogP contribution in [0.1, 0.15) is 30.9 Å². The fourth-order valence-corrected chi connectivity index (χ4v) is 6.43. The summed E-state index contributed by atoms with van der Waals surface area (Å²) in [5.74, 6) is 1.21. The zero-order valence-electron chi connectivity index (χ0n) is 17.6. The molecule has 0 aliphatic carbocycles. The van der Waals surface area contributed by atoms with Crippen LogP contribution in [0.2, 0.25) is 0 Å². The van der Waals surface area contributed by atoms with Gasteiger partial charge in [0.25, 0.3) is 0 Å². The molecule has 2 saturated heterocycles. The topological polar surface area (TPSA) is 66.9 Å². The molecule has 0 aromatic heterocycles. The van der Waals surface area contributed by atoms with Gasteiger partial charge in [-0.2, -0.15) is 0 Å². The molecule has 30 heavy (non-hydrogen) atoms. The zero-order valence-corrected chi connectivity index (χ0v) is 18.4. The first-order valence-corrected chi connectivity index (χ1v) is 12.1. The molecule has 7 heteroatoms. The Morgan fingerprint density at radius 3 is 2.23 bits per heavy atom. The molecular weight excluding hydrogens is 400 g/mol. The average molecular weight is 429 g/mol. The quantitative estimate of drug-likeness (QED) is 0.733. The van der Waals surface area contributed by atoms with Crippen molar-refractivity contribution in [3.05, 3.63) is 59.7 Å². The Bertz CT molecular complexity index is 1020. The lowest BCUT2D eigenvalue weighted by Gasteiger charge is -2.43. The molecule has 0 spiro atoms. The van der Waals surface area contributed by atoms with E-state index in [4.69, 9.17) is 4.74 Å². The molecule has 2 heterocycles. The summed E-state index contributed by atoms with van der Waals surface area (Å²) in [7, 11) is -1.59. The Morgan fingerprint density at radius 2 is 1.63 bits per heavy atom. The Balaban J connectivity index is 1.61. The molecule has 4 rings (SSSR count). The number of hydrogen-bond donors (Lipinski definition) is 0. The smallest absolute Gasteiger partial charge is 0.241 e. The second kappa shape index (κ2) is 8.04. The van der Waals surface area contributed by atoms with Gasteiger partial charge in [0.1, 0.15) is 5.75 Å². The summed E-state index contributed by atoms with van der Waals surface area (Å²) in [5.41, 5.74) is 3.00. The lowest BCUT2D eigenvalue weighted by atomic mass is 10.00. The average Bonchev–Trinajstić information content (AvgIpc) is 3.04. The highest BCUT2D eigenvalue weighted by atomic mass is 32.2. The summed E-state index contributed by atoms with van der Waals surface area (Å²) < 4.78 is 30.3. The minimum Gasteiger partial charge on any atom is -0.497 e. The first-order chi connectivity index (χ1) is 14.3. The van der Waals surface area contributed by atoms with Gasteiger partial charge in [-0.15, -0.1) is 0 Å². The number of nitrogens with zero attached hydrogens (tertiary/aromatic N) is 2. The van der Waals surface area contributed by atoms with E-state index in [9.17, 15) is 13.2 Å². The molecule has 0 bridgehead atoms. The van der Waals surface area contributed by atoms with E-state index in [-0.39, 0.29) is 36.0 Å². The standard InChI is InChI=1S/C23H28N2O4S/c1-16(2)18-6-8-19(9-7-18)25-22-15-30(27,28)14-21(22)24(13-23(25)26)12-17-4-10-20(29-3)11-5-17/h4-11,16,21-22H,12-15H2,1-3H3. The predicted molar refractivity (Wildman–Crippen MR) is 118 cm³/mol. The molecule has 2 unspecified atom stereocenters. The van der Waals surface area contributed by atoms with E-state index in [1.54, 1.807) is 12.0 Å². The summed E-state index contributed by atoms with van der Waals surface area (Å²) in [6.45, 7) is 4.98.